The molecule has 0 aliphatic rings. The minimum absolute atomic E-state index is 0.474. The van der Waals surface area contributed by atoms with Gasteiger partial charge in [-0.1, -0.05) is 13.0 Å². The van der Waals surface area contributed by atoms with E-state index in [1.165, 1.54) is 4.88 Å². The van der Waals surface area contributed by atoms with Gasteiger partial charge in [0.2, 0.25) is 0 Å². The fraction of sp³-hybridized carbons (Fsp3) is 0.471. The minimum Gasteiger partial charge on any atom is -0.466 e. The van der Waals surface area contributed by atoms with Gasteiger partial charge < -0.3 is 15.1 Å². The van der Waals surface area contributed by atoms with Gasteiger partial charge in [0.1, 0.15) is 11.5 Å². The van der Waals surface area contributed by atoms with Crippen LogP contribution in [0.5, 0.6) is 0 Å². The molecule has 0 saturated heterocycles. The van der Waals surface area contributed by atoms with Gasteiger partial charge in [-0.15, -0.1) is 11.3 Å². The Bertz CT molecular complexity index is 601. The Kier molecular flexibility index (Phi) is 6.07. The van der Waals surface area contributed by atoms with Crippen molar-refractivity contribution >= 4 is 17.3 Å². The first-order valence-electron chi connectivity index (χ1n) is 7.71. The second-order valence-corrected chi connectivity index (χ2v) is 6.41. The third-order valence-corrected chi connectivity index (χ3v) is 4.60. The molecule has 0 aromatic carbocycles. The molecule has 2 N–H and O–H groups in total. The van der Waals surface area contributed by atoms with Crippen molar-refractivity contribution in [1.29, 1.82) is 0 Å². The van der Waals surface area contributed by atoms with Crippen LogP contribution in [0, 0.1) is 13.8 Å². The van der Waals surface area contributed by atoms with Crippen LogP contribution in [0.25, 0.3) is 0 Å². The van der Waals surface area contributed by atoms with Gasteiger partial charge in [-0.2, -0.15) is 0 Å². The van der Waals surface area contributed by atoms with E-state index in [1.807, 2.05) is 13.8 Å². The van der Waals surface area contributed by atoms with Crippen molar-refractivity contribution in [3.63, 3.8) is 0 Å². The van der Waals surface area contributed by atoms with Gasteiger partial charge in [0.05, 0.1) is 6.54 Å². The third-order valence-electron chi connectivity index (χ3n) is 3.50. The standard InChI is InChI=1S/C17H25N3OS/c1-5-18-17(19-10-12(2)16-7-6-8-22-16)20-11-15-9-13(3)21-14(15)4/h6-9,12H,5,10-11H2,1-4H3,(H2,18,19,20). The van der Waals surface area contributed by atoms with Crippen LogP contribution in [0.3, 0.4) is 0 Å². The minimum atomic E-state index is 0.474. The first-order chi connectivity index (χ1) is 10.6. The van der Waals surface area contributed by atoms with E-state index in [0.717, 1.165) is 36.1 Å². The highest BCUT2D eigenvalue weighted by Crippen LogP contribution is 2.19. The molecule has 0 spiro atoms. The molecule has 0 radical (unpaired) electrons. The SMILES string of the molecule is CCNC(=NCc1cc(C)oc1C)NCC(C)c1cccs1. The Morgan fingerprint density at radius 2 is 2.18 bits per heavy atom. The molecule has 5 heteroatoms. The number of hydrogen-bond donors (Lipinski definition) is 2. The summed E-state index contributed by atoms with van der Waals surface area (Å²) in [5.74, 6) is 3.21. The van der Waals surface area contributed by atoms with Crippen LogP contribution in [0.4, 0.5) is 0 Å². The summed E-state index contributed by atoms with van der Waals surface area (Å²) in [5.41, 5.74) is 1.14. The van der Waals surface area contributed by atoms with Gasteiger partial charge in [-0.25, -0.2) is 4.99 Å². The molecule has 0 bridgehead atoms. The number of aliphatic imine (C=N–C) groups is 1. The van der Waals surface area contributed by atoms with Crippen molar-refractivity contribution < 1.29 is 4.42 Å². The van der Waals surface area contributed by atoms with Crippen molar-refractivity contribution in [2.24, 2.45) is 4.99 Å². The van der Waals surface area contributed by atoms with Crippen LogP contribution in [0.15, 0.2) is 33.0 Å². The molecule has 2 heterocycles. The van der Waals surface area contributed by atoms with E-state index in [4.69, 9.17) is 4.42 Å². The largest absolute Gasteiger partial charge is 0.466 e. The Morgan fingerprint density at radius 1 is 1.36 bits per heavy atom. The number of nitrogens with one attached hydrogen (secondary N) is 2. The normalized spacial score (nSPS) is 13.2. The first kappa shape index (κ1) is 16.6. The molecule has 4 nitrogen and oxygen atoms in total. The molecule has 2 rings (SSSR count). The molecule has 1 unspecified atom stereocenters. The number of rotatable bonds is 6. The summed E-state index contributed by atoms with van der Waals surface area (Å²) < 4.78 is 5.55. The van der Waals surface area contributed by atoms with Gasteiger partial charge in [0.25, 0.3) is 0 Å². The lowest BCUT2D eigenvalue weighted by atomic mass is 10.1. The quantitative estimate of drug-likeness (QED) is 0.628. The summed E-state index contributed by atoms with van der Waals surface area (Å²) in [7, 11) is 0. The van der Waals surface area contributed by atoms with Crippen molar-refractivity contribution in [1.82, 2.24) is 10.6 Å². The van der Waals surface area contributed by atoms with E-state index >= 15 is 0 Å². The van der Waals surface area contributed by atoms with Crippen LogP contribution >= 0.6 is 11.3 Å². The Hall–Kier alpha value is -1.75. The lowest BCUT2D eigenvalue weighted by molar-refractivity contribution is 0.501. The number of aryl methyl sites for hydroxylation is 2. The Morgan fingerprint density at radius 3 is 2.77 bits per heavy atom. The van der Waals surface area contributed by atoms with E-state index in [-0.39, 0.29) is 0 Å². The Labute approximate surface area is 136 Å². The van der Waals surface area contributed by atoms with E-state index in [2.05, 4.69) is 53.1 Å². The predicted octanol–water partition coefficient (Wildman–Crippen LogP) is 3.82. The molecule has 0 saturated carbocycles. The summed E-state index contributed by atoms with van der Waals surface area (Å²) in [6.45, 7) is 10.6. The topological polar surface area (TPSA) is 49.6 Å². The van der Waals surface area contributed by atoms with Gasteiger partial charge in [-0.05, 0) is 38.3 Å². The molecule has 2 aromatic rings. The monoisotopic (exact) mass is 319 g/mol. The molecule has 120 valence electrons. The summed E-state index contributed by atoms with van der Waals surface area (Å²) in [6, 6.07) is 6.33. The molecule has 0 fully saturated rings. The van der Waals surface area contributed by atoms with E-state index in [9.17, 15) is 0 Å². The highest BCUT2D eigenvalue weighted by molar-refractivity contribution is 7.10. The van der Waals surface area contributed by atoms with Crippen molar-refractivity contribution in [2.75, 3.05) is 13.1 Å². The average Bonchev–Trinajstić information content (AvgIpc) is 3.11. The third kappa shape index (κ3) is 4.63. The van der Waals surface area contributed by atoms with Crippen molar-refractivity contribution in [3.05, 3.63) is 45.5 Å². The highest BCUT2D eigenvalue weighted by Gasteiger charge is 2.08. The number of nitrogens with zero attached hydrogens (tertiary/aromatic N) is 1. The van der Waals surface area contributed by atoms with Crippen LogP contribution in [-0.4, -0.2) is 19.0 Å². The van der Waals surface area contributed by atoms with Crippen LogP contribution in [0.2, 0.25) is 0 Å². The zero-order valence-electron chi connectivity index (χ0n) is 13.8. The van der Waals surface area contributed by atoms with Crippen molar-refractivity contribution in [2.45, 2.75) is 40.2 Å². The maximum atomic E-state index is 5.55. The molecule has 0 amide bonds. The number of guanidine groups is 1. The lowest BCUT2D eigenvalue weighted by Gasteiger charge is -2.15. The predicted molar refractivity (Wildman–Crippen MR) is 93.7 cm³/mol. The van der Waals surface area contributed by atoms with Crippen LogP contribution < -0.4 is 10.6 Å². The molecule has 0 aliphatic carbocycles. The first-order valence-corrected chi connectivity index (χ1v) is 8.59. The summed E-state index contributed by atoms with van der Waals surface area (Å²) in [4.78, 5) is 6.04. The smallest absolute Gasteiger partial charge is 0.191 e. The maximum Gasteiger partial charge on any atom is 0.191 e. The fourth-order valence-electron chi connectivity index (χ4n) is 2.27. The summed E-state index contributed by atoms with van der Waals surface area (Å²) >= 11 is 1.80. The zero-order valence-corrected chi connectivity index (χ0v) is 14.6. The van der Waals surface area contributed by atoms with Crippen LogP contribution in [-0.2, 0) is 6.54 Å². The number of hydrogen-bond acceptors (Lipinski definition) is 3. The molecule has 1 atom stereocenters. The van der Waals surface area contributed by atoms with E-state index < -0.39 is 0 Å². The van der Waals surface area contributed by atoms with Gasteiger partial charge in [0.15, 0.2) is 5.96 Å². The number of furan rings is 1. The van der Waals surface area contributed by atoms with Gasteiger partial charge in [-0.3, -0.25) is 0 Å². The summed E-state index contributed by atoms with van der Waals surface area (Å²) in [5, 5.41) is 8.83. The molecule has 22 heavy (non-hydrogen) atoms. The molecular formula is C17H25N3OS. The molecule has 2 aromatic heterocycles. The second kappa shape index (κ2) is 8.03. The lowest BCUT2D eigenvalue weighted by Crippen LogP contribution is -2.39. The van der Waals surface area contributed by atoms with Crippen LogP contribution in [0.1, 0.15) is 41.7 Å². The van der Waals surface area contributed by atoms with E-state index in [1.54, 1.807) is 11.3 Å². The molecule has 0 aliphatic heterocycles. The second-order valence-electron chi connectivity index (χ2n) is 5.43. The highest BCUT2D eigenvalue weighted by atomic mass is 32.1. The Balaban J connectivity index is 1.94. The molecular weight excluding hydrogens is 294 g/mol. The van der Waals surface area contributed by atoms with Crippen molar-refractivity contribution in [3.8, 4) is 0 Å². The average molecular weight is 319 g/mol. The zero-order chi connectivity index (χ0) is 15.9. The fourth-order valence-corrected chi connectivity index (χ4v) is 3.06. The van der Waals surface area contributed by atoms with Gasteiger partial charge >= 0.3 is 0 Å². The maximum absolute atomic E-state index is 5.55. The van der Waals surface area contributed by atoms with Gasteiger partial charge in [0, 0.05) is 29.4 Å². The number of thiophene rings is 1. The van der Waals surface area contributed by atoms with E-state index in [0.29, 0.717) is 12.5 Å². The summed E-state index contributed by atoms with van der Waals surface area (Å²) in [6.07, 6.45) is 0.